The van der Waals surface area contributed by atoms with E-state index in [2.05, 4.69) is 20.9 Å². The fraction of sp³-hybridized carbons (Fsp3) is 0.267. The molecule has 1 aliphatic rings. The third-order valence-electron chi connectivity index (χ3n) is 3.59. The first-order valence-corrected chi connectivity index (χ1v) is 7.72. The van der Waals surface area contributed by atoms with Crippen LogP contribution >= 0.6 is 28.1 Å². The Morgan fingerprint density at radius 3 is 2.75 bits per heavy atom. The number of H-pyrrole nitrogens is 1. The zero-order valence-electron chi connectivity index (χ0n) is 10.7. The number of hydrogen-bond donors (Lipinski definition) is 2. The SMILES string of the molecule is NC(=S)c1cc(-c2ccc(F)c(Br)c2)[nH]c1CC1CC1. The molecule has 1 fully saturated rings. The highest BCUT2D eigenvalue weighted by atomic mass is 79.9. The van der Waals surface area contributed by atoms with Crippen molar-refractivity contribution >= 4 is 33.1 Å². The van der Waals surface area contributed by atoms with Crippen molar-refractivity contribution in [1.29, 1.82) is 0 Å². The first-order valence-electron chi connectivity index (χ1n) is 6.51. The summed E-state index contributed by atoms with van der Waals surface area (Å²) in [6.07, 6.45) is 3.52. The van der Waals surface area contributed by atoms with E-state index in [0.717, 1.165) is 34.9 Å². The van der Waals surface area contributed by atoms with Crippen LogP contribution in [0.25, 0.3) is 11.3 Å². The number of benzene rings is 1. The summed E-state index contributed by atoms with van der Waals surface area (Å²) in [7, 11) is 0. The zero-order chi connectivity index (χ0) is 14.3. The van der Waals surface area contributed by atoms with Crippen LogP contribution in [0.15, 0.2) is 28.7 Å². The quantitative estimate of drug-likeness (QED) is 0.810. The van der Waals surface area contributed by atoms with Crippen LogP contribution in [0.4, 0.5) is 4.39 Å². The van der Waals surface area contributed by atoms with E-state index in [0.29, 0.717) is 9.46 Å². The van der Waals surface area contributed by atoms with Gasteiger partial charge in [0.25, 0.3) is 0 Å². The van der Waals surface area contributed by atoms with Crippen molar-refractivity contribution in [2.24, 2.45) is 11.7 Å². The molecule has 1 aromatic heterocycles. The largest absolute Gasteiger partial charge is 0.389 e. The van der Waals surface area contributed by atoms with Gasteiger partial charge in [-0.2, -0.15) is 0 Å². The van der Waals surface area contributed by atoms with Gasteiger partial charge in [-0.1, -0.05) is 12.2 Å². The second-order valence-electron chi connectivity index (χ2n) is 5.22. The molecule has 104 valence electrons. The zero-order valence-corrected chi connectivity index (χ0v) is 13.2. The lowest BCUT2D eigenvalue weighted by atomic mass is 10.1. The molecule has 3 N–H and O–H groups in total. The van der Waals surface area contributed by atoms with E-state index in [1.165, 1.54) is 18.9 Å². The number of nitrogens with two attached hydrogens (primary N) is 1. The number of nitrogens with one attached hydrogen (secondary N) is 1. The number of rotatable bonds is 4. The Bertz CT molecular complexity index is 677. The topological polar surface area (TPSA) is 41.8 Å². The lowest BCUT2D eigenvalue weighted by Gasteiger charge is -2.01. The Morgan fingerprint density at radius 1 is 1.40 bits per heavy atom. The van der Waals surface area contributed by atoms with E-state index < -0.39 is 0 Å². The van der Waals surface area contributed by atoms with Crippen molar-refractivity contribution in [2.45, 2.75) is 19.3 Å². The highest BCUT2D eigenvalue weighted by Crippen LogP contribution is 2.34. The van der Waals surface area contributed by atoms with Crippen LogP contribution in [0, 0.1) is 11.7 Å². The van der Waals surface area contributed by atoms with Crippen molar-refractivity contribution in [1.82, 2.24) is 4.98 Å². The van der Waals surface area contributed by atoms with E-state index in [1.807, 2.05) is 6.07 Å². The summed E-state index contributed by atoms with van der Waals surface area (Å²) in [5.41, 5.74) is 9.63. The summed E-state index contributed by atoms with van der Waals surface area (Å²) < 4.78 is 13.8. The molecule has 20 heavy (non-hydrogen) atoms. The van der Waals surface area contributed by atoms with Crippen LogP contribution in [-0.4, -0.2) is 9.97 Å². The molecule has 1 aromatic carbocycles. The van der Waals surface area contributed by atoms with Gasteiger partial charge in [-0.15, -0.1) is 0 Å². The Hall–Kier alpha value is -1.20. The van der Waals surface area contributed by atoms with Gasteiger partial charge in [0.05, 0.1) is 4.47 Å². The molecule has 0 saturated heterocycles. The minimum absolute atomic E-state index is 0.270. The molecule has 0 unspecified atom stereocenters. The monoisotopic (exact) mass is 352 g/mol. The van der Waals surface area contributed by atoms with E-state index in [4.69, 9.17) is 18.0 Å². The van der Waals surface area contributed by atoms with Gasteiger partial charge in [0, 0.05) is 17.0 Å². The molecule has 0 atom stereocenters. The second-order valence-corrected chi connectivity index (χ2v) is 6.51. The minimum Gasteiger partial charge on any atom is -0.389 e. The molecular weight excluding hydrogens is 339 g/mol. The third kappa shape index (κ3) is 2.79. The molecule has 1 heterocycles. The average molecular weight is 353 g/mol. The lowest BCUT2D eigenvalue weighted by molar-refractivity contribution is 0.621. The Balaban J connectivity index is 2.00. The number of halogens is 2. The van der Waals surface area contributed by atoms with Crippen molar-refractivity contribution in [3.8, 4) is 11.3 Å². The standard InChI is InChI=1S/C15H14BrFN2S/c16-11-6-9(3-4-12(11)17)13-7-10(15(18)20)14(19-13)5-8-1-2-8/h3-4,6-8,19H,1-2,5H2,(H2,18,20). The molecule has 3 rings (SSSR count). The van der Waals surface area contributed by atoms with Crippen LogP contribution in [0.3, 0.4) is 0 Å². The molecule has 5 heteroatoms. The Labute approximate surface area is 130 Å². The van der Waals surface area contributed by atoms with Crippen LogP contribution in [0.5, 0.6) is 0 Å². The number of aromatic nitrogens is 1. The molecule has 0 bridgehead atoms. The maximum atomic E-state index is 13.3. The highest BCUT2D eigenvalue weighted by Gasteiger charge is 2.24. The van der Waals surface area contributed by atoms with Crippen LogP contribution in [-0.2, 0) is 6.42 Å². The fourth-order valence-electron chi connectivity index (χ4n) is 2.31. The predicted octanol–water partition coefficient (Wildman–Crippen LogP) is 4.17. The molecule has 0 amide bonds. The van der Waals surface area contributed by atoms with Crippen LogP contribution in [0.1, 0.15) is 24.1 Å². The molecule has 1 saturated carbocycles. The molecule has 2 nitrogen and oxygen atoms in total. The number of aromatic amines is 1. The summed E-state index contributed by atoms with van der Waals surface area (Å²) >= 11 is 8.33. The first kappa shape index (κ1) is 13.8. The predicted molar refractivity (Wildman–Crippen MR) is 86.2 cm³/mol. The van der Waals surface area contributed by atoms with E-state index in [-0.39, 0.29) is 5.82 Å². The second kappa shape index (κ2) is 5.30. The van der Waals surface area contributed by atoms with Crippen molar-refractivity contribution in [3.05, 3.63) is 45.8 Å². The van der Waals surface area contributed by atoms with E-state index in [9.17, 15) is 4.39 Å². The maximum Gasteiger partial charge on any atom is 0.137 e. The Morgan fingerprint density at radius 2 is 2.15 bits per heavy atom. The summed E-state index contributed by atoms with van der Waals surface area (Å²) in [5, 5.41) is 0. The molecular formula is C15H14BrFN2S. The molecule has 2 aromatic rings. The average Bonchev–Trinajstić information content (AvgIpc) is 3.10. The van der Waals surface area contributed by atoms with Crippen LogP contribution < -0.4 is 5.73 Å². The lowest BCUT2D eigenvalue weighted by Crippen LogP contribution is -2.11. The summed E-state index contributed by atoms with van der Waals surface area (Å²) in [5.74, 6) is 0.475. The third-order valence-corrected chi connectivity index (χ3v) is 4.41. The van der Waals surface area contributed by atoms with Gasteiger partial charge in [0.15, 0.2) is 0 Å². The maximum absolute atomic E-state index is 13.3. The molecule has 1 aliphatic carbocycles. The van der Waals surface area contributed by atoms with Gasteiger partial charge in [-0.25, -0.2) is 4.39 Å². The first-order chi connectivity index (χ1) is 9.54. The van der Waals surface area contributed by atoms with Gasteiger partial charge in [0.1, 0.15) is 10.8 Å². The van der Waals surface area contributed by atoms with Crippen molar-refractivity contribution in [2.75, 3.05) is 0 Å². The number of hydrogen-bond acceptors (Lipinski definition) is 1. The van der Waals surface area contributed by atoms with Gasteiger partial charge in [-0.05, 0) is 70.9 Å². The fourth-order valence-corrected chi connectivity index (χ4v) is 2.87. The van der Waals surface area contributed by atoms with Crippen molar-refractivity contribution < 1.29 is 4.39 Å². The summed E-state index contributed by atoms with van der Waals surface area (Å²) in [4.78, 5) is 3.79. The molecule has 0 aliphatic heterocycles. The highest BCUT2D eigenvalue weighted by molar-refractivity contribution is 9.10. The van der Waals surface area contributed by atoms with Gasteiger partial charge in [0.2, 0.25) is 0 Å². The van der Waals surface area contributed by atoms with Gasteiger partial charge >= 0.3 is 0 Å². The van der Waals surface area contributed by atoms with Crippen molar-refractivity contribution in [3.63, 3.8) is 0 Å². The number of thiocarbonyl (C=S) groups is 1. The Kier molecular flexibility index (Phi) is 3.65. The van der Waals surface area contributed by atoms with Gasteiger partial charge in [-0.3, -0.25) is 0 Å². The minimum atomic E-state index is -0.270. The summed E-state index contributed by atoms with van der Waals surface area (Å²) in [6.45, 7) is 0. The molecule has 0 spiro atoms. The van der Waals surface area contributed by atoms with E-state index in [1.54, 1.807) is 12.1 Å². The van der Waals surface area contributed by atoms with Crippen LogP contribution in [0.2, 0.25) is 0 Å². The van der Waals surface area contributed by atoms with E-state index >= 15 is 0 Å². The smallest absolute Gasteiger partial charge is 0.137 e. The van der Waals surface area contributed by atoms with Gasteiger partial charge < -0.3 is 10.7 Å². The normalized spacial score (nSPS) is 14.5. The summed E-state index contributed by atoms with van der Waals surface area (Å²) in [6, 6.07) is 6.91. The molecule has 0 radical (unpaired) electrons.